The number of oxazole rings is 1. The fraction of sp³-hybridized carbons (Fsp3) is 0.682. The second-order valence-electron chi connectivity index (χ2n) is 9.49. The molecule has 2 aromatic rings. The minimum Gasteiger partial charge on any atom is -0.423 e. The zero-order chi connectivity index (χ0) is 19.0. The summed E-state index contributed by atoms with van der Waals surface area (Å²) in [5.74, 6) is 0.710. The van der Waals surface area contributed by atoms with Gasteiger partial charge in [0, 0.05) is 45.8 Å². The van der Waals surface area contributed by atoms with Crippen LogP contribution in [-0.4, -0.2) is 67.6 Å². The molecule has 2 aliphatic heterocycles. The van der Waals surface area contributed by atoms with E-state index in [1.807, 2.05) is 0 Å². The predicted octanol–water partition coefficient (Wildman–Crippen LogP) is 3.59. The molecule has 0 saturated carbocycles. The van der Waals surface area contributed by atoms with Gasteiger partial charge in [-0.1, -0.05) is 26.8 Å². The number of likely N-dealkylation sites (N-methyl/N-ethyl adjacent to an activating group) is 1. The van der Waals surface area contributed by atoms with Crippen molar-refractivity contribution in [3.05, 3.63) is 23.8 Å². The number of rotatable bonds is 3. The van der Waals surface area contributed by atoms with Gasteiger partial charge in [0.2, 0.25) is 0 Å². The normalized spacial score (nSPS) is 23.3. The molecule has 27 heavy (non-hydrogen) atoms. The van der Waals surface area contributed by atoms with Gasteiger partial charge in [-0.25, -0.2) is 0 Å². The van der Waals surface area contributed by atoms with E-state index in [4.69, 9.17) is 9.40 Å². The summed E-state index contributed by atoms with van der Waals surface area (Å²) in [7, 11) is 2.22. The Morgan fingerprint density at radius 3 is 2.63 bits per heavy atom. The van der Waals surface area contributed by atoms with Crippen molar-refractivity contribution in [2.75, 3.05) is 57.8 Å². The maximum atomic E-state index is 6.12. The number of anilines is 1. The topological polar surface area (TPSA) is 35.8 Å². The van der Waals surface area contributed by atoms with Crippen LogP contribution in [0.15, 0.2) is 22.6 Å². The number of piperazine rings is 1. The van der Waals surface area contributed by atoms with E-state index in [-0.39, 0.29) is 5.41 Å². The molecule has 0 amide bonds. The Bertz CT molecular complexity index is 770. The summed E-state index contributed by atoms with van der Waals surface area (Å²) in [4.78, 5) is 12.3. The first kappa shape index (κ1) is 18.8. The van der Waals surface area contributed by atoms with Crippen LogP contribution >= 0.6 is 0 Å². The molecule has 0 bridgehead atoms. The first-order chi connectivity index (χ1) is 12.9. The van der Waals surface area contributed by atoms with Gasteiger partial charge >= 0.3 is 0 Å². The van der Waals surface area contributed by atoms with Crippen LogP contribution in [0.1, 0.15) is 39.2 Å². The SMILES string of the molecule is CN1CCN(CC2CCCN(c3nc4cc(C(C)(C)C)ccc4o3)C2)CC1. The summed E-state index contributed by atoms with van der Waals surface area (Å²) >= 11 is 0. The molecule has 2 saturated heterocycles. The van der Waals surface area contributed by atoms with Gasteiger partial charge < -0.3 is 19.1 Å². The van der Waals surface area contributed by atoms with Crippen molar-refractivity contribution in [3.8, 4) is 0 Å². The third kappa shape index (κ3) is 4.30. The summed E-state index contributed by atoms with van der Waals surface area (Å²) in [5.41, 5.74) is 3.32. The molecule has 148 valence electrons. The molecule has 3 heterocycles. The van der Waals surface area contributed by atoms with Crippen LogP contribution in [0.2, 0.25) is 0 Å². The molecular formula is C22H34N4O. The van der Waals surface area contributed by atoms with Crippen LogP contribution in [-0.2, 0) is 5.41 Å². The molecule has 0 aliphatic carbocycles. The molecule has 0 spiro atoms. The van der Waals surface area contributed by atoms with Crippen molar-refractivity contribution in [1.82, 2.24) is 14.8 Å². The fourth-order valence-corrected chi connectivity index (χ4v) is 4.30. The summed E-state index contributed by atoms with van der Waals surface area (Å²) in [6, 6.07) is 7.24. The maximum absolute atomic E-state index is 6.12. The van der Waals surface area contributed by atoms with E-state index in [2.05, 4.69) is 60.7 Å². The van der Waals surface area contributed by atoms with Crippen LogP contribution in [0.4, 0.5) is 6.01 Å². The van der Waals surface area contributed by atoms with E-state index in [0.29, 0.717) is 5.92 Å². The van der Waals surface area contributed by atoms with Gasteiger partial charge in [0.05, 0.1) is 0 Å². The Balaban J connectivity index is 1.44. The van der Waals surface area contributed by atoms with E-state index >= 15 is 0 Å². The highest BCUT2D eigenvalue weighted by Crippen LogP contribution is 2.30. The maximum Gasteiger partial charge on any atom is 0.298 e. The third-order valence-corrected chi connectivity index (χ3v) is 6.14. The number of hydrogen-bond donors (Lipinski definition) is 0. The van der Waals surface area contributed by atoms with E-state index in [9.17, 15) is 0 Å². The third-order valence-electron chi connectivity index (χ3n) is 6.14. The van der Waals surface area contributed by atoms with Gasteiger partial charge in [-0.05, 0) is 48.9 Å². The minimum absolute atomic E-state index is 0.131. The number of benzene rings is 1. The number of hydrogen-bond acceptors (Lipinski definition) is 5. The van der Waals surface area contributed by atoms with Gasteiger partial charge in [0.1, 0.15) is 5.52 Å². The van der Waals surface area contributed by atoms with Crippen LogP contribution in [0.25, 0.3) is 11.1 Å². The van der Waals surface area contributed by atoms with Crippen LogP contribution in [0.5, 0.6) is 0 Å². The van der Waals surface area contributed by atoms with Crippen molar-refractivity contribution >= 4 is 17.1 Å². The Labute approximate surface area is 163 Å². The van der Waals surface area contributed by atoms with E-state index in [1.54, 1.807) is 0 Å². The van der Waals surface area contributed by atoms with Crippen molar-refractivity contribution in [3.63, 3.8) is 0 Å². The largest absolute Gasteiger partial charge is 0.423 e. The Morgan fingerprint density at radius 2 is 1.89 bits per heavy atom. The van der Waals surface area contributed by atoms with Crippen LogP contribution in [0, 0.1) is 5.92 Å². The number of piperidine rings is 1. The first-order valence-electron chi connectivity index (χ1n) is 10.5. The lowest BCUT2D eigenvalue weighted by atomic mass is 9.87. The second kappa shape index (κ2) is 7.44. The molecule has 0 radical (unpaired) electrons. The lowest BCUT2D eigenvalue weighted by Crippen LogP contribution is -2.48. The average molecular weight is 371 g/mol. The zero-order valence-corrected chi connectivity index (χ0v) is 17.4. The Morgan fingerprint density at radius 1 is 1.11 bits per heavy atom. The molecular weight excluding hydrogens is 336 g/mol. The summed E-state index contributed by atoms with van der Waals surface area (Å²) in [6.07, 6.45) is 2.54. The standard InChI is InChI=1S/C22H34N4O/c1-22(2,3)18-7-8-20-19(14-18)23-21(27-20)26-9-5-6-17(16-26)15-25-12-10-24(4)11-13-25/h7-8,14,17H,5-6,9-13,15-16H2,1-4H3. The van der Waals surface area contributed by atoms with Gasteiger partial charge in [-0.3, -0.25) is 0 Å². The second-order valence-corrected chi connectivity index (χ2v) is 9.49. The number of nitrogens with zero attached hydrogens (tertiary/aromatic N) is 4. The molecule has 2 fully saturated rings. The van der Waals surface area contributed by atoms with Gasteiger partial charge in [0.25, 0.3) is 6.01 Å². The molecule has 5 heteroatoms. The molecule has 4 rings (SSSR count). The fourth-order valence-electron chi connectivity index (χ4n) is 4.30. The lowest BCUT2D eigenvalue weighted by molar-refractivity contribution is 0.131. The molecule has 1 atom stereocenters. The minimum atomic E-state index is 0.131. The molecule has 1 aromatic carbocycles. The highest BCUT2D eigenvalue weighted by Gasteiger charge is 2.26. The highest BCUT2D eigenvalue weighted by atomic mass is 16.4. The molecule has 0 N–H and O–H groups in total. The summed E-state index contributed by atoms with van der Waals surface area (Å²) < 4.78 is 6.12. The summed E-state index contributed by atoms with van der Waals surface area (Å²) in [6.45, 7) is 14.8. The predicted molar refractivity (Wildman–Crippen MR) is 112 cm³/mol. The first-order valence-corrected chi connectivity index (χ1v) is 10.5. The smallest absolute Gasteiger partial charge is 0.298 e. The quantitative estimate of drug-likeness (QED) is 0.825. The van der Waals surface area contributed by atoms with Crippen LogP contribution in [0.3, 0.4) is 0 Å². The summed E-state index contributed by atoms with van der Waals surface area (Å²) in [5, 5.41) is 0. The van der Waals surface area contributed by atoms with E-state index in [0.717, 1.165) is 30.2 Å². The number of fused-ring (bicyclic) bond motifs is 1. The number of aromatic nitrogens is 1. The van der Waals surface area contributed by atoms with Crippen molar-refractivity contribution in [2.45, 2.75) is 39.0 Å². The molecule has 1 unspecified atom stereocenters. The van der Waals surface area contributed by atoms with Crippen molar-refractivity contribution in [1.29, 1.82) is 0 Å². The highest BCUT2D eigenvalue weighted by molar-refractivity contribution is 5.75. The molecule has 2 aliphatic rings. The van der Waals surface area contributed by atoms with E-state index < -0.39 is 0 Å². The monoisotopic (exact) mass is 370 g/mol. The Kier molecular flexibility index (Phi) is 5.17. The molecule has 1 aromatic heterocycles. The van der Waals surface area contributed by atoms with Crippen molar-refractivity contribution in [2.24, 2.45) is 5.92 Å². The van der Waals surface area contributed by atoms with Gasteiger partial charge in [0.15, 0.2) is 5.58 Å². The van der Waals surface area contributed by atoms with Gasteiger partial charge in [-0.2, -0.15) is 4.98 Å². The molecule has 5 nitrogen and oxygen atoms in total. The van der Waals surface area contributed by atoms with Gasteiger partial charge in [-0.15, -0.1) is 0 Å². The van der Waals surface area contributed by atoms with Crippen LogP contribution < -0.4 is 4.90 Å². The van der Waals surface area contributed by atoms with Crippen molar-refractivity contribution < 1.29 is 4.42 Å². The lowest BCUT2D eigenvalue weighted by Gasteiger charge is -2.38. The average Bonchev–Trinajstić information content (AvgIpc) is 3.07. The zero-order valence-electron chi connectivity index (χ0n) is 17.4. The van der Waals surface area contributed by atoms with E-state index in [1.165, 1.54) is 51.1 Å². The Hall–Kier alpha value is -1.59.